The molecule has 1 saturated heterocycles. The Hall–Kier alpha value is -3.99. The van der Waals surface area contributed by atoms with Gasteiger partial charge in [0.2, 0.25) is 11.9 Å². The number of anilines is 3. The highest BCUT2D eigenvalue weighted by Gasteiger charge is 2.14. The quantitative estimate of drug-likeness (QED) is 0.398. The lowest BCUT2D eigenvalue weighted by Crippen LogP contribution is -2.36. The molecule has 1 amide bonds. The van der Waals surface area contributed by atoms with Crippen LogP contribution in [0.25, 0.3) is 11.0 Å². The maximum absolute atomic E-state index is 11.8. The normalized spacial score (nSPS) is 13.8. The summed E-state index contributed by atoms with van der Waals surface area (Å²) in [6.45, 7) is 3.80. The summed E-state index contributed by atoms with van der Waals surface area (Å²) in [6.07, 6.45) is 6.34. The number of carbonyl (C=O) groups is 1. The molecule has 0 aliphatic carbocycles. The van der Waals surface area contributed by atoms with E-state index < -0.39 is 0 Å². The number of aromatic amines is 1. The molecule has 0 saturated carbocycles. The Bertz CT molecular complexity index is 1310. The van der Waals surface area contributed by atoms with E-state index in [-0.39, 0.29) is 5.91 Å². The van der Waals surface area contributed by atoms with Gasteiger partial charge in [0, 0.05) is 58.5 Å². The van der Waals surface area contributed by atoms with Gasteiger partial charge in [0.1, 0.15) is 0 Å². The van der Waals surface area contributed by atoms with E-state index in [0.29, 0.717) is 31.0 Å². The molecule has 1 aliphatic heterocycles. The summed E-state index contributed by atoms with van der Waals surface area (Å²) in [5, 5.41) is 15.6. The zero-order valence-corrected chi connectivity index (χ0v) is 19.9. The number of fused-ring (bicyclic) bond motifs is 1. The highest BCUT2D eigenvalue weighted by molar-refractivity contribution is 5.78. The Morgan fingerprint density at radius 1 is 1.20 bits per heavy atom. The van der Waals surface area contributed by atoms with Gasteiger partial charge in [-0.15, -0.1) is 0 Å². The van der Waals surface area contributed by atoms with Gasteiger partial charge < -0.3 is 19.9 Å². The zero-order chi connectivity index (χ0) is 24.2. The molecular formula is C24H29N9O2. The van der Waals surface area contributed by atoms with Crippen molar-refractivity contribution in [3.05, 3.63) is 54.1 Å². The monoisotopic (exact) mass is 475 g/mol. The van der Waals surface area contributed by atoms with Gasteiger partial charge in [-0.3, -0.25) is 14.6 Å². The summed E-state index contributed by atoms with van der Waals surface area (Å²) in [6, 6.07) is 8.55. The van der Waals surface area contributed by atoms with Gasteiger partial charge in [0.25, 0.3) is 0 Å². The number of hydrogen-bond acceptors (Lipinski definition) is 8. The topological polar surface area (TPSA) is 117 Å². The van der Waals surface area contributed by atoms with Crippen LogP contribution in [0.15, 0.2) is 42.9 Å². The molecule has 4 heterocycles. The lowest BCUT2D eigenvalue weighted by molar-refractivity contribution is -0.128. The Morgan fingerprint density at radius 2 is 2.06 bits per heavy atom. The van der Waals surface area contributed by atoms with Crippen molar-refractivity contribution in [2.75, 3.05) is 50.6 Å². The van der Waals surface area contributed by atoms with Crippen LogP contribution < -0.4 is 10.2 Å². The second-order valence-electron chi connectivity index (χ2n) is 8.73. The van der Waals surface area contributed by atoms with E-state index in [9.17, 15) is 4.79 Å². The molecule has 1 aliphatic rings. The molecule has 0 bridgehead atoms. The van der Waals surface area contributed by atoms with Crippen molar-refractivity contribution in [3.63, 3.8) is 0 Å². The number of ether oxygens (including phenoxy) is 1. The summed E-state index contributed by atoms with van der Waals surface area (Å²) in [5.74, 6) is 0.523. The second-order valence-corrected chi connectivity index (χ2v) is 8.73. The molecule has 35 heavy (non-hydrogen) atoms. The number of carbonyl (C=O) groups excluding carboxylic acids is 1. The largest absolute Gasteiger partial charge is 0.378 e. The first-order chi connectivity index (χ1) is 17.0. The molecule has 1 aromatic carbocycles. The molecule has 2 N–H and O–H groups in total. The van der Waals surface area contributed by atoms with Crippen molar-refractivity contribution >= 4 is 34.3 Å². The molecule has 11 nitrogen and oxygen atoms in total. The summed E-state index contributed by atoms with van der Waals surface area (Å²) >= 11 is 0. The predicted octanol–water partition coefficient (Wildman–Crippen LogP) is 2.20. The van der Waals surface area contributed by atoms with Crippen molar-refractivity contribution in [2.45, 2.75) is 19.4 Å². The first-order valence-corrected chi connectivity index (χ1v) is 11.7. The van der Waals surface area contributed by atoms with Gasteiger partial charge in [0.15, 0.2) is 5.65 Å². The van der Waals surface area contributed by atoms with Crippen LogP contribution in [0.5, 0.6) is 0 Å². The minimum atomic E-state index is 0.0605. The standard InChI is InChI=1S/C24H29N9O2/c1-31(2)22(34)6-7-33-16-18(14-26-33)27-24-28-21(20-15-25-30-23(20)29-24)13-17-4-3-5-19(12-17)32-8-10-35-11-9-32/h3-5,12,14-16H,6-11,13H2,1-2H3,(H2,25,27,28,29,30). The highest BCUT2D eigenvalue weighted by atomic mass is 16.5. The van der Waals surface area contributed by atoms with Gasteiger partial charge in [-0.25, -0.2) is 4.98 Å². The molecule has 4 aromatic rings. The lowest BCUT2D eigenvalue weighted by atomic mass is 10.1. The number of amides is 1. The number of hydrogen-bond donors (Lipinski definition) is 2. The van der Waals surface area contributed by atoms with Crippen molar-refractivity contribution in [3.8, 4) is 0 Å². The van der Waals surface area contributed by atoms with Crippen LogP contribution in [-0.2, 0) is 22.5 Å². The van der Waals surface area contributed by atoms with Crippen LogP contribution in [-0.4, -0.2) is 81.2 Å². The third kappa shape index (κ3) is 5.40. The third-order valence-electron chi connectivity index (χ3n) is 5.99. The molecule has 3 aromatic heterocycles. The Morgan fingerprint density at radius 3 is 2.89 bits per heavy atom. The number of nitrogens with one attached hydrogen (secondary N) is 2. The molecule has 11 heteroatoms. The van der Waals surface area contributed by atoms with Crippen LogP contribution in [0.1, 0.15) is 17.7 Å². The van der Waals surface area contributed by atoms with Crippen LogP contribution in [0, 0.1) is 0 Å². The van der Waals surface area contributed by atoms with E-state index in [2.05, 4.69) is 54.8 Å². The number of nitrogens with zero attached hydrogens (tertiary/aromatic N) is 7. The summed E-state index contributed by atoms with van der Waals surface area (Å²) < 4.78 is 7.22. The Labute approximate surface area is 203 Å². The minimum absolute atomic E-state index is 0.0605. The number of H-pyrrole nitrogens is 1. The van der Waals surface area contributed by atoms with Gasteiger partial charge in [-0.05, 0) is 17.7 Å². The molecule has 0 spiro atoms. The fourth-order valence-corrected chi connectivity index (χ4v) is 4.08. The molecular weight excluding hydrogens is 446 g/mol. The van der Waals surface area contributed by atoms with Gasteiger partial charge in [-0.1, -0.05) is 12.1 Å². The number of aryl methyl sites for hydroxylation is 1. The molecule has 0 atom stereocenters. The Kier molecular flexibility index (Phi) is 6.57. The SMILES string of the molecule is CN(C)C(=O)CCn1cc(Nc2nc(Cc3cccc(N4CCOCC4)c3)c3cn[nH]c3n2)cn1. The van der Waals surface area contributed by atoms with Crippen molar-refractivity contribution < 1.29 is 9.53 Å². The van der Waals surface area contributed by atoms with E-state index >= 15 is 0 Å². The summed E-state index contributed by atoms with van der Waals surface area (Å²) in [5.41, 5.74) is 4.67. The summed E-state index contributed by atoms with van der Waals surface area (Å²) in [7, 11) is 3.50. The average Bonchev–Trinajstić information content (AvgIpc) is 3.53. The van der Waals surface area contributed by atoms with Crippen molar-refractivity contribution in [2.24, 2.45) is 0 Å². The van der Waals surface area contributed by atoms with E-state index in [1.165, 1.54) is 11.3 Å². The first kappa shape index (κ1) is 22.8. The molecule has 5 rings (SSSR count). The molecule has 0 radical (unpaired) electrons. The second kappa shape index (κ2) is 10.1. The maximum Gasteiger partial charge on any atom is 0.229 e. The minimum Gasteiger partial charge on any atom is -0.378 e. The van der Waals surface area contributed by atoms with Gasteiger partial charge >= 0.3 is 0 Å². The molecule has 0 unspecified atom stereocenters. The number of benzene rings is 1. The maximum atomic E-state index is 11.8. The molecule has 182 valence electrons. The third-order valence-corrected chi connectivity index (χ3v) is 5.99. The number of morpholine rings is 1. The average molecular weight is 476 g/mol. The van der Waals surface area contributed by atoms with Crippen LogP contribution in [0.4, 0.5) is 17.3 Å². The van der Waals surface area contributed by atoms with Crippen LogP contribution in [0.2, 0.25) is 0 Å². The van der Waals surface area contributed by atoms with Gasteiger partial charge in [0.05, 0.1) is 42.4 Å². The fraction of sp³-hybridized carbons (Fsp3) is 0.375. The van der Waals surface area contributed by atoms with E-state index in [1.54, 1.807) is 36.1 Å². The van der Waals surface area contributed by atoms with E-state index in [4.69, 9.17) is 9.72 Å². The smallest absolute Gasteiger partial charge is 0.229 e. The van der Waals surface area contributed by atoms with E-state index in [1.807, 2.05) is 6.20 Å². The zero-order valence-electron chi connectivity index (χ0n) is 19.9. The van der Waals surface area contributed by atoms with Gasteiger partial charge in [-0.2, -0.15) is 15.2 Å². The highest BCUT2D eigenvalue weighted by Crippen LogP contribution is 2.23. The Balaban J connectivity index is 1.33. The van der Waals surface area contributed by atoms with Crippen LogP contribution in [0.3, 0.4) is 0 Å². The summed E-state index contributed by atoms with van der Waals surface area (Å²) in [4.78, 5) is 25.1. The number of aromatic nitrogens is 6. The van der Waals surface area contributed by atoms with Crippen LogP contribution >= 0.6 is 0 Å². The lowest BCUT2D eigenvalue weighted by Gasteiger charge is -2.29. The van der Waals surface area contributed by atoms with E-state index in [0.717, 1.165) is 43.1 Å². The fourth-order valence-electron chi connectivity index (χ4n) is 4.08. The predicted molar refractivity (Wildman–Crippen MR) is 133 cm³/mol. The first-order valence-electron chi connectivity index (χ1n) is 11.7. The molecule has 1 fully saturated rings. The number of rotatable bonds is 8. The van der Waals surface area contributed by atoms with Crippen molar-refractivity contribution in [1.82, 2.24) is 34.8 Å². The van der Waals surface area contributed by atoms with Crippen molar-refractivity contribution in [1.29, 1.82) is 0 Å².